The van der Waals surface area contributed by atoms with Crippen LogP contribution in [0, 0.1) is 0 Å². The molecule has 0 aromatic heterocycles. The fourth-order valence-corrected chi connectivity index (χ4v) is 8.31. The minimum absolute atomic E-state index is 0.126. The van der Waals surface area contributed by atoms with E-state index in [0.29, 0.717) is 47.7 Å². The Bertz CT molecular complexity index is 3440. The number of Topliss-reactive ketones (excluding diaryl/α,β-unsaturated/α-hetero) is 1. The van der Waals surface area contributed by atoms with E-state index in [9.17, 15) is 65.9 Å². The van der Waals surface area contributed by atoms with Crippen molar-refractivity contribution >= 4 is 46.3 Å². The number of hydrogen-bond donors (Lipinski definition) is 8. The summed E-state index contributed by atoms with van der Waals surface area (Å²) in [5, 5.41) is 47.4. The van der Waals surface area contributed by atoms with Crippen LogP contribution in [-0.4, -0.2) is 68.6 Å². The van der Waals surface area contributed by atoms with Crippen molar-refractivity contribution < 1.29 is 97.0 Å². The zero-order valence-electron chi connectivity index (χ0n) is 39.3. The van der Waals surface area contributed by atoms with Crippen molar-refractivity contribution in [2.45, 2.75) is 42.5 Å². The maximum absolute atomic E-state index is 15.4. The molecule has 0 saturated carbocycles. The molecule has 0 fully saturated rings. The van der Waals surface area contributed by atoms with E-state index in [2.05, 4.69) is 5.32 Å². The van der Waals surface area contributed by atoms with E-state index in [4.69, 9.17) is 10.5 Å². The number of benzene rings is 7. The van der Waals surface area contributed by atoms with Gasteiger partial charge in [-0.15, -0.1) is 0 Å². The fraction of sp³-hybridized carbons (Fsp3) is 0.132. The number of aromatic hydroxyl groups is 4. The molecule has 0 heterocycles. The summed E-state index contributed by atoms with van der Waals surface area (Å²) in [5.41, 5.74) is -15.8. The number of halogens is 12. The van der Waals surface area contributed by atoms with Crippen LogP contribution < -0.4 is 26.4 Å². The van der Waals surface area contributed by atoms with Crippen molar-refractivity contribution in [1.82, 2.24) is 0 Å². The van der Waals surface area contributed by atoms with Gasteiger partial charge in [0.15, 0.2) is 5.78 Å². The lowest BCUT2D eigenvalue weighted by Crippen LogP contribution is -2.54. The second kappa shape index (κ2) is 20.6. The smallest absolute Gasteiger partial charge is 0.411 e. The maximum atomic E-state index is 15.4. The summed E-state index contributed by atoms with van der Waals surface area (Å²) in [6.45, 7) is 1.36. The van der Waals surface area contributed by atoms with Crippen molar-refractivity contribution in [3.63, 3.8) is 0 Å². The molecule has 7 aromatic rings. The lowest BCUT2D eigenvalue weighted by molar-refractivity contribution is -0.290. The molecule has 25 heteroatoms. The van der Waals surface area contributed by atoms with Crippen LogP contribution in [0.4, 0.5) is 75.4 Å². The number of alkyl halides is 12. The zero-order valence-corrected chi connectivity index (χ0v) is 39.3. The lowest BCUT2D eigenvalue weighted by atomic mass is 9.72. The molecule has 0 unspecified atom stereocenters. The molecule has 0 atom stereocenters. The summed E-state index contributed by atoms with van der Waals surface area (Å²) in [6, 6.07) is 18.0. The predicted octanol–water partition coefficient (Wildman–Crippen LogP) is 12.7. The van der Waals surface area contributed by atoms with Gasteiger partial charge in [0.05, 0.1) is 22.7 Å². The van der Waals surface area contributed by atoms with Crippen LogP contribution >= 0.6 is 0 Å². The van der Waals surface area contributed by atoms with Gasteiger partial charge in [0.2, 0.25) is 10.8 Å². The average molecular weight is 1100 g/mol. The van der Waals surface area contributed by atoms with Gasteiger partial charge >= 0.3 is 24.7 Å². The number of carbonyl (C=O) groups excluding carboxylic acids is 4. The Morgan fingerprint density at radius 3 is 1.03 bits per heavy atom. The Morgan fingerprint density at radius 1 is 0.397 bits per heavy atom. The highest BCUT2D eigenvalue weighted by atomic mass is 19.4. The van der Waals surface area contributed by atoms with Crippen LogP contribution in [0.5, 0.6) is 34.5 Å². The Balaban J connectivity index is 1.16. The standard InChI is InChI=1S/C53H36F12N4O9/c1-26(70)27-5-13-35(14-6-27)78-36-15-7-28(8-16-36)45(75)67-38-24-33(11-19-42(38)72)49(52(60,61)62,53(63,64)65)34-12-20-44(74)40(25-34)69-47(77)30-4-2-3-29(21-30)46(76)68-39-23-32(10-18-43(39)73)48(50(54,55)56,51(57,58)59)31-9-17-41(71)37(66)22-31/h2-25,71-74H,66H2,1H3,(H,67,75)(H,68,76)(H,69,77). The van der Waals surface area contributed by atoms with Gasteiger partial charge in [-0.05, 0) is 144 Å². The number of amides is 3. The average Bonchev–Trinajstić information content (AvgIpc) is 3.49. The summed E-state index contributed by atoms with van der Waals surface area (Å²) in [6.07, 6.45) is -25.0. The fourth-order valence-electron chi connectivity index (χ4n) is 8.31. The Kier molecular flexibility index (Phi) is 14.9. The summed E-state index contributed by atoms with van der Waals surface area (Å²) >= 11 is 0. The lowest BCUT2D eigenvalue weighted by Gasteiger charge is -2.38. The molecular weight excluding hydrogens is 1060 g/mol. The Morgan fingerprint density at radius 2 is 0.705 bits per heavy atom. The minimum atomic E-state index is -6.32. The predicted molar refractivity (Wildman–Crippen MR) is 256 cm³/mol. The van der Waals surface area contributed by atoms with E-state index >= 15 is 26.3 Å². The van der Waals surface area contributed by atoms with E-state index in [1.165, 1.54) is 55.5 Å². The maximum Gasteiger partial charge on any atom is 0.411 e. The van der Waals surface area contributed by atoms with Crippen molar-refractivity contribution in [2.75, 3.05) is 21.7 Å². The molecule has 0 saturated heterocycles. The van der Waals surface area contributed by atoms with E-state index in [0.717, 1.165) is 18.2 Å². The minimum Gasteiger partial charge on any atom is -0.506 e. The third-order valence-electron chi connectivity index (χ3n) is 12.2. The van der Waals surface area contributed by atoms with Gasteiger partial charge < -0.3 is 46.8 Å². The van der Waals surface area contributed by atoms with Gasteiger partial charge in [-0.2, -0.15) is 52.7 Å². The van der Waals surface area contributed by atoms with Gasteiger partial charge in [-0.1, -0.05) is 30.3 Å². The Hall–Kier alpha value is -9.42. The largest absolute Gasteiger partial charge is 0.506 e. The first-order valence-corrected chi connectivity index (χ1v) is 22.1. The number of anilines is 4. The van der Waals surface area contributed by atoms with E-state index in [1.54, 1.807) is 0 Å². The van der Waals surface area contributed by atoms with Crippen LogP contribution in [-0.2, 0) is 10.8 Å². The highest BCUT2D eigenvalue weighted by Crippen LogP contribution is 2.59. The molecule has 9 N–H and O–H groups in total. The second-order valence-electron chi connectivity index (χ2n) is 17.1. The molecule has 3 amide bonds. The molecule has 7 rings (SSSR count). The molecule has 406 valence electrons. The van der Waals surface area contributed by atoms with Gasteiger partial charge in [-0.25, -0.2) is 0 Å². The molecule has 0 spiro atoms. The van der Waals surface area contributed by atoms with Gasteiger partial charge in [-0.3, -0.25) is 19.2 Å². The number of hydrogen-bond acceptors (Lipinski definition) is 10. The highest BCUT2D eigenvalue weighted by Gasteiger charge is 2.74. The first kappa shape index (κ1) is 56.3. The topological polar surface area (TPSA) is 221 Å². The van der Waals surface area contributed by atoms with Crippen molar-refractivity contribution in [3.05, 3.63) is 190 Å². The van der Waals surface area contributed by atoms with Gasteiger partial charge in [0.25, 0.3) is 17.7 Å². The second-order valence-corrected chi connectivity index (χ2v) is 17.1. The van der Waals surface area contributed by atoms with Gasteiger partial charge in [0, 0.05) is 22.3 Å². The Labute approximate surface area is 431 Å². The molecule has 13 nitrogen and oxygen atoms in total. The first-order chi connectivity index (χ1) is 36.3. The van der Waals surface area contributed by atoms with E-state index in [1.807, 2.05) is 10.6 Å². The molecule has 0 aliphatic carbocycles. The van der Waals surface area contributed by atoms with E-state index in [-0.39, 0.29) is 59.6 Å². The number of rotatable bonds is 13. The number of phenols is 4. The van der Waals surface area contributed by atoms with Crippen molar-refractivity contribution in [2.24, 2.45) is 0 Å². The zero-order chi connectivity index (χ0) is 57.5. The van der Waals surface area contributed by atoms with Crippen LogP contribution in [0.2, 0.25) is 0 Å². The third-order valence-corrected chi connectivity index (χ3v) is 12.2. The summed E-state index contributed by atoms with van der Waals surface area (Å²) in [4.78, 5) is 51.9. The molecule has 0 aliphatic heterocycles. The van der Waals surface area contributed by atoms with Crippen LogP contribution in [0.1, 0.15) is 70.6 Å². The third kappa shape index (κ3) is 10.6. The number of carbonyl (C=O) groups is 4. The van der Waals surface area contributed by atoms with Crippen molar-refractivity contribution in [3.8, 4) is 34.5 Å². The number of nitrogen functional groups attached to an aromatic ring is 1. The number of phenolic OH excluding ortho intramolecular Hbond substituents is 4. The monoisotopic (exact) mass is 1100 g/mol. The molecule has 0 radical (unpaired) electrons. The summed E-state index contributed by atoms with van der Waals surface area (Å²) in [7, 11) is 0. The molecular formula is C53H36F12N4O9. The normalized spacial score (nSPS) is 12.4. The van der Waals surface area contributed by atoms with Crippen LogP contribution in [0.3, 0.4) is 0 Å². The SMILES string of the molecule is CC(=O)c1ccc(Oc2ccc(C(=O)Nc3cc(C(c4ccc(O)c(NC(=O)c5cccc(C(=O)Nc6cc(C(c7ccc(O)c(N)c7)(C(F)(F)F)C(F)(F)F)ccc6O)c5)c4)(C(F)(F)F)C(F)(F)F)ccc3O)cc2)cc1. The quantitative estimate of drug-likeness (QED) is 0.0236. The number of nitrogens with two attached hydrogens (primary N) is 1. The summed E-state index contributed by atoms with van der Waals surface area (Å²) < 4.78 is 187. The molecule has 0 aliphatic rings. The molecule has 0 bridgehead atoms. The van der Waals surface area contributed by atoms with E-state index < -0.39 is 132 Å². The highest BCUT2D eigenvalue weighted by molar-refractivity contribution is 6.09. The van der Waals surface area contributed by atoms with Crippen LogP contribution in [0.25, 0.3) is 0 Å². The number of ether oxygens (including phenoxy) is 1. The first-order valence-electron chi connectivity index (χ1n) is 22.1. The van der Waals surface area contributed by atoms with Crippen molar-refractivity contribution in [1.29, 1.82) is 0 Å². The molecule has 78 heavy (non-hydrogen) atoms. The number of nitrogens with one attached hydrogen (secondary N) is 3. The summed E-state index contributed by atoms with van der Waals surface area (Å²) in [5.74, 6) is -7.64. The molecule has 7 aromatic carbocycles. The van der Waals surface area contributed by atoms with Gasteiger partial charge in [0.1, 0.15) is 34.5 Å². The number of ketones is 1. The van der Waals surface area contributed by atoms with Crippen LogP contribution in [0.15, 0.2) is 146 Å².